The molecule has 0 fully saturated rings. The van der Waals surface area contributed by atoms with E-state index >= 15 is 0 Å². The van der Waals surface area contributed by atoms with Gasteiger partial charge in [0.25, 0.3) is 0 Å². The molecule has 0 spiro atoms. The van der Waals surface area contributed by atoms with Crippen LogP contribution < -0.4 is 4.74 Å². The zero-order chi connectivity index (χ0) is 21.6. The van der Waals surface area contributed by atoms with Gasteiger partial charge in [0, 0.05) is 11.1 Å². The molecule has 1 N–H and O–H groups in total. The quantitative estimate of drug-likeness (QED) is 0.395. The summed E-state index contributed by atoms with van der Waals surface area (Å²) >= 11 is 0. The number of para-hydroxylation sites is 1. The second-order valence-corrected chi connectivity index (χ2v) is 7.24. The third-order valence-corrected chi connectivity index (χ3v) is 5.09. The summed E-state index contributed by atoms with van der Waals surface area (Å²) in [5, 5.41) is 9.29. The highest BCUT2D eigenvalue weighted by atomic mass is 16.5. The number of ether oxygens (including phenoxy) is 1. The first-order valence-corrected chi connectivity index (χ1v) is 10.3. The summed E-state index contributed by atoms with van der Waals surface area (Å²) in [5.74, 6) is -0.892. The number of nitrogens with zero attached hydrogens (tertiary/aromatic N) is 2. The molecule has 5 heteroatoms. The predicted octanol–water partition coefficient (Wildman–Crippen LogP) is 5.84. The van der Waals surface area contributed by atoms with Crippen molar-refractivity contribution in [2.75, 3.05) is 0 Å². The molecular weight excluding hydrogens is 388 g/mol. The second kappa shape index (κ2) is 9.30. The monoisotopic (exact) mass is 412 g/mol. The Morgan fingerprint density at radius 3 is 2.00 bits per heavy atom. The third kappa shape index (κ3) is 4.51. The molecule has 0 saturated heterocycles. The zero-order valence-corrected chi connectivity index (χ0v) is 17.3. The van der Waals surface area contributed by atoms with Crippen molar-refractivity contribution in [3.63, 3.8) is 0 Å². The lowest BCUT2D eigenvalue weighted by Gasteiger charge is -2.17. The molecule has 0 bridgehead atoms. The van der Waals surface area contributed by atoms with Gasteiger partial charge in [0.05, 0.1) is 17.8 Å². The van der Waals surface area contributed by atoms with Crippen LogP contribution in [0.1, 0.15) is 19.8 Å². The molecule has 1 aromatic heterocycles. The first-order valence-electron chi connectivity index (χ1n) is 10.3. The molecule has 0 saturated carbocycles. The number of rotatable bonds is 8. The average Bonchev–Trinajstić information content (AvgIpc) is 3.19. The molecule has 0 aliphatic carbocycles. The largest absolute Gasteiger partial charge is 0.481 e. The molecule has 31 heavy (non-hydrogen) atoms. The standard InChI is InChI=1S/C26H24N2O3/c1-2-22(18-23(29)30)31-26-27-24(19-12-6-3-7-13-19)25(20-14-8-4-9-15-20)28(26)21-16-10-5-11-17-21/h3-17,22H,2,18H2,1H3,(H,29,30). The van der Waals surface area contributed by atoms with Gasteiger partial charge in [-0.25, -0.2) is 0 Å². The number of carbonyl (C=O) groups is 1. The molecule has 0 aliphatic heterocycles. The van der Waals surface area contributed by atoms with Crippen LogP contribution in [0.2, 0.25) is 0 Å². The van der Waals surface area contributed by atoms with Crippen LogP contribution in [-0.2, 0) is 4.79 Å². The molecule has 1 heterocycles. The molecule has 1 unspecified atom stereocenters. The number of carboxylic acid groups (broad SMARTS) is 1. The van der Waals surface area contributed by atoms with Gasteiger partial charge in [-0.05, 0) is 18.6 Å². The van der Waals surface area contributed by atoms with Crippen LogP contribution in [-0.4, -0.2) is 26.7 Å². The summed E-state index contributed by atoms with van der Waals surface area (Å²) in [4.78, 5) is 16.2. The molecule has 5 nitrogen and oxygen atoms in total. The van der Waals surface area contributed by atoms with E-state index in [4.69, 9.17) is 9.72 Å². The topological polar surface area (TPSA) is 64.3 Å². The Labute approximate surface area is 181 Å². The molecule has 156 valence electrons. The highest BCUT2D eigenvalue weighted by Gasteiger charge is 2.24. The lowest BCUT2D eigenvalue weighted by atomic mass is 10.0. The highest BCUT2D eigenvalue weighted by Crippen LogP contribution is 2.38. The van der Waals surface area contributed by atoms with Crippen molar-refractivity contribution in [3.05, 3.63) is 91.0 Å². The van der Waals surface area contributed by atoms with Crippen molar-refractivity contribution >= 4 is 5.97 Å². The third-order valence-electron chi connectivity index (χ3n) is 5.09. The normalized spacial score (nSPS) is 11.8. The van der Waals surface area contributed by atoms with Crippen LogP contribution in [0.3, 0.4) is 0 Å². The first-order chi connectivity index (χ1) is 15.2. The van der Waals surface area contributed by atoms with Gasteiger partial charge in [0.2, 0.25) is 0 Å². The fourth-order valence-electron chi connectivity index (χ4n) is 3.57. The van der Waals surface area contributed by atoms with Crippen LogP contribution in [0.15, 0.2) is 91.0 Å². The van der Waals surface area contributed by atoms with Crippen molar-refractivity contribution < 1.29 is 14.6 Å². The fraction of sp³-hybridized carbons (Fsp3) is 0.154. The second-order valence-electron chi connectivity index (χ2n) is 7.24. The van der Waals surface area contributed by atoms with E-state index in [0.29, 0.717) is 12.4 Å². The molecule has 1 atom stereocenters. The number of aliphatic carboxylic acids is 1. The average molecular weight is 412 g/mol. The van der Waals surface area contributed by atoms with Crippen molar-refractivity contribution in [2.24, 2.45) is 0 Å². The first kappa shape index (κ1) is 20.4. The Balaban J connectivity index is 1.96. The molecule has 0 radical (unpaired) electrons. The number of imidazole rings is 1. The van der Waals surface area contributed by atoms with Gasteiger partial charge in [-0.1, -0.05) is 85.8 Å². The van der Waals surface area contributed by atoms with Crippen LogP contribution in [0, 0.1) is 0 Å². The summed E-state index contributed by atoms with van der Waals surface area (Å²) in [7, 11) is 0. The summed E-state index contributed by atoms with van der Waals surface area (Å²) < 4.78 is 8.17. The van der Waals surface area contributed by atoms with Gasteiger partial charge in [-0.3, -0.25) is 9.36 Å². The number of aromatic nitrogens is 2. The van der Waals surface area contributed by atoms with E-state index in [1.807, 2.05) is 102 Å². The van der Waals surface area contributed by atoms with Crippen molar-refractivity contribution in [3.8, 4) is 34.2 Å². The minimum absolute atomic E-state index is 0.0838. The minimum Gasteiger partial charge on any atom is -0.481 e. The van der Waals surface area contributed by atoms with Gasteiger partial charge in [0.15, 0.2) is 0 Å². The van der Waals surface area contributed by atoms with Crippen LogP contribution >= 0.6 is 0 Å². The van der Waals surface area contributed by atoms with Crippen molar-refractivity contribution in [2.45, 2.75) is 25.9 Å². The Bertz CT molecular complexity index is 1140. The van der Waals surface area contributed by atoms with Crippen LogP contribution in [0.5, 0.6) is 6.01 Å². The highest BCUT2D eigenvalue weighted by molar-refractivity contribution is 5.81. The SMILES string of the molecule is CCC(CC(=O)O)Oc1nc(-c2ccccc2)c(-c2ccccc2)n1-c1ccccc1. The van der Waals surface area contributed by atoms with Crippen LogP contribution in [0.4, 0.5) is 0 Å². The summed E-state index contributed by atoms with van der Waals surface area (Å²) in [5.41, 5.74) is 4.55. The molecule has 4 aromatic rings. The summed E-state index contributed by atoms with van der Waals surface area (Å²) in [6, 6.07) is 30.3. The van der Waals surface area contributed by atoms with Gasteiger partial charge in [-0.15, -0.1) is 0 Å². The van der Waals surface area contributed by atoms with Crippen LogP contribution in [0.25, 0.3) is 28.2 Å². The minimum atomic E-state index is -0.892. The fourth-order valence-corrected chi connectivity index (χ4v) is 3.57. The number of carboxylic acids is 1. The van der Waals surface area contributed by atoms with Gasteiger partial charge in [-0.2, -0.15) is 4.98 Å². The van der Waals surface area contributed by atoms with Gasteiger partial charge < -0.3 is 9.84 Å². The molecule has 4 rings (SSSR count). The van der Waals surface area contributed by atoms with E-state index in [0.717, 1.165) is 28.2 Å². The Morgan fingerprint density at radius 2 is 1.45 bits per heavy atom. The van der Waals surface area contributed by atoms with E-state index in [9.17, 15) is 9.90 Å². The number of hydrogen-bond acceptors (Lipinski definition) is 3. The van der Waals surface area contributed by atoms with E-state index in [1.165, 1.54) is 0 Å². The predicted molar refractivity (Wildman–Crippen MR) is 121 cm³/mol. The van der Waals surface area contributed by atoms with Gasteiger partial charge in [0.1, 0.15) is 11.8 Å². The maximum atomic E-state index is 11.3. The van der Waals surface area contributed by atoms with Gasteiger partial charge >= 0.3 is 12.0 Å². The molecule has 3 aromatic carbocycles. The van der Waals surface area contributed by atoms with E-state index in [2.05, 4.69) is 0 Å². The number of benzene rings is 3. The van der Waals surface area contributed by atoms with E-state index < -0.39 is 12.1 Å². The van der Waals surface area contributed by atoms with E-state index in [1.54, 1.807) is 0 Å². The maximum Gasteiger partial charge on any atom is 0.307 e. The van der Waals surface area contributed by atoms with Crippen molar-refractivity contribution in [1.82, 2.24) is 9.55 Å². The Kier molecular flexibility index (Phi) is 6.13. The van der Waals surface area contributed by atoms with E-state index in [-0.39, 0.29) is 6.42 Å². The number of hydrogen-bond donors (Lipinski definition) is 1. The molecule has 0 amide bonds. The smallest absolute Gasteiger partial charge is 0.307 e. The van der Waals surface area contributed by atoms with Crippen molar-refractivity contribution in [1.29, 1.82) is 0 Å². The summed E-state index contributed by atoms with van der Waals surface area (Å²) in [6.45, 7) is 1.92. The molecular formula is C26H24N2O3. The summed E-state index contributed by atoms with van der Waals surface area (Å²) in [6.07, 6.45) is 0.00372. The Morgan fingerprint density at radius 1 is 0.903 bits per heavy atom. The zero-order valence-electron chi connectivity index (χ0n) is 17.3. The molecule has 0 aliphatic rings. The lowest BCUT2D eigenvalue weighted by Crippen LogP contribution is -2.21. The maximum absolute atomic E-state index is 11.3. The lowest BCUT2D eigenvalue weighted by molar-refractivity contribution is -0.138. The Hall–Kier alpha value is -3.86.